The molecule has 0 aromatic heterocycles. The van der Waals surface area contributed by atoms with Crippen molar-refractivity contribution in [3.63, 3.8) is 0 Å². The number of rotatable bonds is 8. The Morgan fingerprint density at radius 1 is 1.55 bits per heavy atom. The van der Waals surface area contributed by atoms with Crippen LogP contribution in [0.2, 0.25) is 0 Å². The molecule has 7 heteroatoms. The van der Waals surface area contributed by atoms with Gasteiger partial charge < -0.3 is 10.2 Å². The predicted octanol–water partition coefficient (Wildman–Crippen LogP) is 1.27. The van der Waals surface area contributed by atoms with E-state index in [0.717, 1.165) is 44.7 Å². The highest BCUT2D eigenvalue weighted by molar-refractivity contribution is 7.88. The number of nitrogens with one attached hydrogen (secondary N) is 1. The maximum absolute atomic E-state index is 11.8. The number of allylic oxidation sites excluding steroid dienone is 1. The molecule has 1 fully saturated rings. The first-order valence-electron chi connectivity index (χ1n) is 7.97. The van der Waals surface area contributed by atoms with Gasteiger partial charge in [0.15, 0.2) is 5.96 Å². The minimum atomic E-state index is -3.13. The summed E-state index contributed by atoms with van der Waals surface area (Å²) in [6.07, 6.45) is 7.01. The van der Waals surface area contributed by atoms with Crippen molar-refractivity contribution in [2.75, 3.05) is 39.5 Å². The smallest absolute Gasteiger partial charge is 0.211 e. The van der Waals surface area contributed by atoms with E-state index in [9.17, 15) is 8.42 Å². The Hall–Kier alpha value is -1.08. The van der Waals surface area contributed by atoms with Crippen molar-refractivity contribution in [3.05, 3.63) is 12.7 Å². The minimum absolute atomic E-state index is 0.00905. The number of guanidine groups is 1. The average Bonchev–Trinajstić information content (AvgIpc) is 2.92. The lowest BCUT2D eigenvalue weighted by molar-refractivity contribution is 0.393. The van der Waals surface area contributed by atoms with E-state index in [1.54, 1.807) is 4.31 Å². The quantitative estimate of drug-likeness (QED) is 0.315. The van der Waals surface area contributed by atoms with Crippen molar-refractivity contribution in [1.82, 2.24) is 14.5 Å². The minimum Gasteiger partial charge on any atom is -0.357 e. The standard InChI is InChI=1S/C15H30N4O2S/c1-5-7-8-11-18(3)15(16-6-2)17-13-14-10-9-12-19(14)22(4,20)21/h5,14H,1,6-13H2,2-4H3,(H,16,17)/t14-/m1/s1. The number of sulfonamides is 1. The summed E-state index contributed by atoms with van der Waals surface area (Å²) in [4.78, 5) is 6.73. The Balaban J connectivity index is 2.66. The van der Waals surface area contributed by atoms with E-state index < -0.39 is 10.0 Å². The summed E-state index contributed by atoms with van der Waals surface area (Å²) in [6.45, 7) is 8.59. The summed E-state index contributed by atoms with van der Waals surface area (Å²) < 4.78 is 25.1. The number of hydrogen-bond donors (Lipinski definition) is 1. The fraction of sp³-hybridized carbons (Fsp3) is 0.800. The van der Waals surface area contributed by atoms with Crippen LogP contribution in [0.5, 0.6) is 0 Å². The first-order valence-corrected chi connectivity index (χ1v) is 9.82. The molecule has 0 aromatic carbocycles. The topological polar surface area (TPSA) is 65.0 Å². The molecule has 0 spiro atoms. The van der Waals surface area contributed by atoms with Crippen LogP contribution >= 0.6 is 0 Å². The third kappa shape index (κ3) is 5.96. The molecule has 1 heterocycles. The lowest BCUT2D eigenvalue weighted by atomic mass is 10.2. The second-order valence-corrected chi connectivity index (χ2v) is 7.65. The van der Waals surface area contributed by atoms with E-state index >= 15 is 0 Å². The summed E-state index contributed by atoms with van der Waals surface area (Å²) in [7, 11) is -1.12. The number of nitrogens with zero attached hydrogens (tertiary/aromatic N) is 3. The van der Waals surface area contributed by atoms with Gasteiger partial charge >= 0.3 is 0 Å². The van der Waals surface area contributed by atoms with E-state index in [0.29, 0.717) is 13.1 Å². The molecule has 1 rings (SSSR count). The van der Waals surface area contributed by atoms with Crippen LogP contribution in [0, 0.1) is 0 Å². The Bertz CT molecular complexity index is 476. The van der Waals surface area contributed by atoms with Gasteiger partial charge in [-0.05, 0) is 32.6 Å². The summed E-state index contributed by atoms with van der Waals surface area (Å²) in [5, 5.41) is 3.27. The molecule has 22 heavy (non-hydrogen) atoms. The van der Waals surface area contributed by atoms with Crippen molar-refractivity contribution in [3.8, 4) is 0 Å². The molecule has 1 N–H and O–H groups in total. The first-order chi connectivity index (χ1) is 10.4. The van der Waals surface area contributed by atoms with Crippen LogP contribution in [0.15, 0.2) is 17.6 Å². The summed E-state index contributed by atoms with van der Waals surface area (Å²) in [6, 6.07) is -0.00905. The maximum atomic E-state index is 11.8. The van der Waals surface area contributed by atoms with Gasteiger partial charge in [-0.2, -0.15) is 4.31 Å². The molecule has 0 amide bonds. The van der Waals surface area contributed by atoms with Gasteiger partial charge in [0.25, 0.3) is 0 Å². The molecule has 0 aliphatic carbocycles. The number of unbranched alkanes of at least 4 members (excludes halogenated alkanes) is 1. The average molecular weight is 330 g/mol. The van der Waals surface area contributed by atoms with Crippen LogP contribution in [0.1, 0.15) is 32.6 Å². The third-order valence-corrected chi connectivity index (χ3v) is 5.13. The van der Waals surface area contributed by atoms with Crippen LogP contribution in [-0.2, 0) is 10.0 Å². The van der Waals surface area contributed by atoms with E-state index in [2.05, 4.69) is 21.8 Å². The fourth-order valence-corrected chi connectivity index (χ4v) is 3.84. The summed E-state index contributed by atoms with van der Waals surface area (Å²) in [5.74, 6) is 0.840. The van der Waals surface area contributed by atoms with Crippen LogP contribution in [0.3, 0.4) is 0 Å². The van der Waals surface area contributed by atoms with Gasteiger partial charge in [0.2, 0.25) is 10.0 Å². The second kappa shape index (κ2) is 9.15. The molecule has 128 valence electrons. The zero-order valence-electron chi connectivity index (χ0n) is 14.1. The van der Waals surface area contributed by atoms with Gasteiger partial charge in [0.1, 0.15) is 0 Å². The predicted molar refractivity (Wildman–Crippen MR) is 92.6 cm³/mol. The van der Waals surface area contributed by atoms with E-state index in [1.165, 1.54) is 6.26 Å². The lowest BCUT2D eigenvalue weighted by Crippen LogP contribution is -2.41. The Labute approximate surface area is 135 Å². The molecule has 0 saturated carbocycles. The van der Waals surface area contributed by atoms with E-state index in [4.69, 9.17) is 0 Å². The molecule has 0 radical (unpaired) electrons. The maximum Gasteiger partial charge on any atom is 0.211 e. The largest absolute Gasteiger partial charge is 0.357 e. The molecule has 1 atom stereocenters. The van der Waals surface area contributed by atoms with Crippen molar-refractivity contribution in [2.45, 2.75) is 38.6 Å². The van der Waals surface area contributed by atoms with Crippen molar-refractivity contribution >= 4 is 16.0 Å². The molecular formula is C15H30N4O2S. The lowest BCUT2D eigenvalue weighted by Gasteiger charge is -2.24. The van der Waals surface area contributed by atoms with Gasteiger partial charge in [0, 0.05) is 32.7 Å². The molecular weight excluding hydrogens is 300 g/mol. The van der Waals surface area contributed by atoms with Crippen LogP contribution in [0.4, 0.5) is 0 Å². The molecule has 1 aliphatic rings. The van der Waals surface area contributed by atoms with Crippen molar-refractivity contribution in [2.24, 2.45) is 4.99 Å². The highest BCUT2D eigenvalue weighted by atomic mass is 32.2. The molecule has 6 nitrogen and oxygen atoms in total. The van der Waals surface area contributed by atoms with Crippen LogP contribution < -0.4 is 5.32 Å². The Kier molecular flexibility index (Phi) is 7.89. The van der Waals surface area contributed by atoms with Crippen molar-refractivity contribution < 1.29 is 8.42 Å². The molecule has 0 unspecified atom stereocenters. The Morgan fingerprint density at radius 3 is 2.86 bits per heavy atom. The number of hydrogen-bond acceptors (Lipinski definition) is 3. The normalized spacial score (nSPS) is 20.1. The van der Waals surface area contributed by atoms with Gasteiger partial charge in [0.05, 0.1) is 12.8 Å². The molecule has 1 aliphatic heterocycles. The highest BCUT2D eigenvalue weighted by Crippen LogP contribution is 2.20. The summed E-state index contributed by atoms with van der Waals surface area (Å²) in [5.41, 5.74) is 0. The SMILES string of the molecule is C=CCCCN(C)C(=NC[C@H]1CCCN1S(C)(=O)=O)NCC. The van der Waals surface area contributed by atoms with Crippen molar-refractivity contribution in [1.29, 1.82) is 0 Å². The monoisotopic (exact) mass is 330 g/mol. The molecule has 0 bridgehead atoms. The van der Waals surface area contributed by atoms with Gasteiger partial charge in [-0.15, -0.1) is 6.58 Å². The number of aliphatic imine (C=N–C) groups is 1. The van der Waals surface area contributed by atoms with Gasteiger partial charge in [-0.25, -0.2) is 8.42 Å². The van der Waals surface area contributed by atoms with Gasteiger partial charge in [-0.3, -0.25) is 4.99 Å². The van der Waals surface area contributed by atoms with Gasteiger partial charge in [-0.1, -0.05) is 6.08 Å². The van der Waals surface area contributed by atoms with Crippen LogP contribution in [0.25, 0.3) is 0 Å². The van der Waals surface area contributed by atoms with E-state index in [1.807, 2.05) is 20.0 Å². The molecule has 0 aromatic rings. The summed E-state index contributed by atoms with van der Waals surface area (Å²) >= 11 is 0. The van der Waals surface area contributed by atoms with Crippen LogP contribution in [-0.4, -0.2) is 69.1 Å². The molecule has 1 saturated heterocycles. The first kappa shape index (κ1) is 19.0. The second-order valence-electron chi connectivity index (χ2n) is 5.72. The fourth-order valence-electron chi connectivity index (χ4n) is 2.67. The van der Waals surface area contributed by atoms with E-state index in [-0.39, 0.29) is 6.04 Å². The zero-order valence-corrected chi connectivity index (χ0v) is 14.9. The highest BCUT2D eigenvalue weighted by Gasteiger charge is 2.31. The third-order valence-electron chi connectivity index (χ3n) is 3.80. The Morgan fingerprint density at radius 2 is 2.27 bits per heavy atom. The zero-order chi connectivity index (χ0) is 16.6.